The molecule has 0 aromatic carbocycles. The zero-order valence-corrected chi connectivity index (χ0v) is 14.1. The van der Waals surface area contributed by atoms with Crippen LogP contribution >= 0.6 is 0 Å². The second-order valence-corrected chi connectivity index (χ2v) is 6.11. The Bertz CT molecular complexity index is 815. The number of piperidine rings is 1. The van der Waals surface area contributed by atoms with Crippen molar-refractivity contribution in [1.82, 2.24) is 30.2 Å². The predicted octanol–water partition coefficient (Wildman–Crippen LogP) is 2.80. The largest absolute Gasteiger partial charge is 0.338 e. The van der Waals surface area contributed by atoms with Crippen LogP contribution in [0.1, 0.15) is 49.8 Å². The minimum Gasteiger partial charge on any atom is -0.338 e. The fourth-order valence-corrected chi connectivity index (χ4v) is 3.10. The lowest BCUT2D eigenvalue weighted by Gasteiger charge is -2.31. The first-order chi connectivity index (χ1) is 12.3. The van der Waals surface area contributed by atoms with Crippen LogP contribution in [0.2, 0.25) is 0 Å². The number of aryl methyl sites for hydroxylation is 1. The van der Waals surface area contributed by atoms with Crippen LogP contribution in [0.3, 0.4) is 0 Å². The Kier molecular flexibility index (Phi) is 4.51. The molecule has 0 saturated carbocycles. The highest BCUT2D eigenvalue weighted by Gasteiger charge is 2.30. The average Bonchev–Trinajstić information content (AvgIpc) is 3.32. The summed E-state index contributed by atoms with van der Waals surface area (Å²) in [6, 6.07) is 5.73. The second kappa shape index (κ2) is 7.10. The van der Waals surface area contributed by atoms with E-state index in [-0.39, 0.29) is 6.04 Å². The molecule has 8 nitrogen and oxygen atoms in total. The van der Waals surface area contributed by atoms with E-state index in [4.69, 9.17) is 9.05 Å². The van der Waals surface area contributed by atoms with Crippen LogP contribution in [0.4, 0.5) is 0 Å². The van der Waals surface area contributed by atoms with Crippen molar-refractivity contribution in [2.75, 3.05) is 6.54 Å². The summed E-state index contributed by atoms with van der Waals surface area (Å²) in [6.45, 7) is 3.52. The molecule has 1 saturated heterocycles. The highest BCUT2D eigenvalue weighted by Crippen LogP contribution is 2.31. The van der Waals surface area contributed by atoms with Crippen molar-refractivity contribution in [3.63, 3.8) is 0 Å². The molecule has 0 N–H and O–H groups in total. The standard InChI is InChI=1S/C17H20N6O2/c1-2-14-19-17(25-21-14)13-8-4-6-10-23(13)11-15-20-16(22-24-15)12-7-3-5-9-18-12/h3,5,7,9,13H,2,4,6,8,10-11H2,1H3/t13-/m0/s1. The number of aromatic nitrogens is 5. The molecule has 130 valence electrons. The van der Waals surface area contributed by atoms with E-state index in [2.05, 4.69) is 30.2 Å². The van der Waals surface area contributed by atoms with Crippen LogP contribution in [0.15, 0.2) is 33.4 Å². The van der Waals surface area contributed by atoms with Crippen LogP contribution in [-0.4, -0.2) is 36.7 Å². The van der Waals surface area contributed by atoms with Gasteiger partial charge in [-0.1, -0.05) is 29.7 Å². The highest BCUT2D eigenvalue weighted by molar-refractivity contribution is 5.46. The summed E-state index contributed by atoms with van der Waals surface area (Å²) in [6.07, 6.45) is 5.76. The Balaban J connectivity index is 1.51. The molecule has 1 aliphatic rings. The van der Waals surface area contributed by atoms with Crippen molar-refractivity contribution in [2.45, 2.75) is 45.2 Å². The Morgan fingerprint density at radius 2 is 2.12 bits per heavy atom. The van der Waals surface area contributed by atoms with E-state index in [1.807, 2.05) is 25.1 Å². The molecule has 3 aromatic rings. The Labute approximate surface area is 145 Å². The number of likely N-dealkylation sites (tertiary alicyclic amines) is 1. The first-order valence-corrected chi connectivity index (χ1v) is 8.64. The van der Waals surface area contributed by atoms with E-state index in [9.17, 15) is 0 Å². The van der Waals surface area contributed by atoms with Crippen LogP contribution in [-0.2, 0) is 13.0 Å². The summed E-state index contributed by atoms with van der Waals surface area (Å²) in [7, 11) is 0. The molecule has 0 bridgehead atoms. The number of pyridine rings is 1. The topological polar surface area (TPSA) is 94.0 Å². The SMILES string of the molecule is CCc1noc([C@@H]2CCCCN2Cc2nc(-c3ccccn3)no2)n1. The van der Waals surface area contributed by atoms with Crippen molar-refractivity contribution in [2.24, 2.45) is 0 Å². The van der Waals surface area contributed by atoms with Crippen LogP contribution in [0.25, 0.3) is 11.5 Å². The molecule has 0 spiro atoms. The molecule has 8 heteroatoms. The van der Waals surface area contributed by atoms with E-state index in [0.29, 0.717) is 29.8 Å². The lowest BCUT2D eigenvalue weighted by Crippen LogP contribution is -2.33. The Morgan fingerprint density at radius 3 is 2.92 bits per heavy atom. The second-order valence-electron chi connectivity index (χ2n) is 6.11. The molecular weight excluding hydrogens is 320 g/mol. The third kappa shape index (κ3) is 3.43. The fourth-order valence-electron chi connectivity index (χ4n) is 3.10. The molecule has 1 fully saturated rings. The maximum atomic E-state index is 5.46. The van der Waals surface area contributed by atoms with Gasteiger partial charge in [0.15, 0.2) is 5.82 Å². The zero-order valence-electron chi connectivity index (χ0n) is 14.1. The van der Waals surface area contributed by atoms with E-state index < -0.39 is 0 Å². The van der Waals surface area contributed by atoms with Gasteiger partial charge >= 0.3 is 0 Å². The fraction of sp³-hybridized carbons (Fsp3) is 0.471. The van der Waals surface area contributed by atoms with Gasteiger partial charge in [-0.25, -0.2) is 0 Å². The van der Waals surface area contributed by atoms with Crippen LogP contribution < -0.4 is 0 Å². The first kappa shape index (κ1) is 15.9. The average molecular weight is 340 g/mol. The van der Waals surface area contributed by atoms with Crippen molar-refractivity contribution < 1.29 is 9.05 Å². The maximum absolute atomic E-state index is 5.46. The van der Waals surface area contributed by atoms with Crippen molar-refractivity contribution in [3.05, 3.63) is 42.0 Å². The number of nitrogens with zero attached hydrogens (tertiary/aromatic N) is 6. The molecule has 4 heterocycles. The van der Waals surface area contributed by atoms with E-state index in [0.717, 1.165) is 38.1 Å². The molecule has 3 aromatic heterocycles. The normalized spacial score (nSPS) is 18.5. The molecule has 1 atom stereocenters. The molecule has 0 aliphatic carbocycles. The summed E-state index contributed by atoms with van der Waals surface area (Å²) < 4.78 is 10.9. The molecule has 4 rings (SSSR count). The molecule has 0 unspecified atom stereocenters. The van der Waals surface area contributed by atoms with Gasteiger partial charge < -0.3 is 9.05 Å². The number of hydrogen-bond donors (Lipinski definition) is 0. The van der Waals surface area contributed by atoms with Gasteiger partial charge in [0.25, 0.3) is 0 Å². The van der Waals surface area contributed by atoms with Gasteiger partial charge in [-0.05, 0) is 31.5 Å². The molecular formula is C17H20N6O2. The summed E-state index contributed by atoms with van der Waals surface area (Å²) >= 11 is 0. The Hall–Kier alpha value is -2.61. The Morgan fingerprint density at radius 1 is 1.16 bits per heavy atom. The third-order valence-electron chi connectivity index (χ3n) is 4.40. The summed E-state index contributed by atoms with van der Waals surface area (Å²) in [4.78, 5) is 15.5. The first-order valence-electron chi connectivity index (χ1n) is 8.64. The van der Waals surface area contributed by atoms with Crippen molar-refractivity contribution in [3.8, 4) is 11.5 Å². The molecule has 1 aliphatic heterocycles. The molecule has 0 amide bonds. The van der Waals surface area contributed by atoms with Gasteiger partial charge in [0, 0.05) is 12.6 Å². The van der Waals surface area contributed by atoms with Crippen LogP contribution in [0.5, 0.6) is 0 Å². The summed E-state index contributed by atoms with van der Waals surface area (Å²) in [5, 5.41) is 8.06. The summed E-state index contributed by atoms with van der Waals surface area (Å²) in [5.41, 5.74) is 0.706. The minimum absolute atomic E-state index is 0.103. The quantitative estimate of drug-likeness (QED) is 0.700. The van der Waals surface area contributed by atoms with Gasteiger partial charge in [-0.15, -0.1) is 0 Å². The third-order valence-corrected chi connectivity index (χ3v) is 4.40. The zero-order chi connectivity index (χ0) is 17.1. The smallest absolute Gasteiger partial charge is 0.244 e. The number of rotatable bonds is 5. The maximum Gasteiger partial charge on any atom is 0.244 e. The van der Waals surface area contributed by atoms with Crippen molar-refractivity contribution in [1.29, 1.82) is 0 Å². The van der Waals surface area contributed by atoms with Gasteiger partial charge in [0.1, 0.15) is 5.69 Å². The monoisotopic (exact) mass is 340 g/mol. The predicted molar refractivity (Wildman–Crippen MR) is 88.2 cm³/mol. The van der Waals surface area contributed by atoms with Crippen LogP contribution in [0, 0.1) is 0 Å². The van der Waals surface area contributed by atoms with Gasteiger partial charge in [-0.3, -0.25) is 9.88 Å². The van der Waals surface area contributed by atoms with E-state index >= 15 is 0 Å². The minimum atomic E-state index is 0.103. The number of hydrogen-bond acceptors (Lipinski definition) is 8. The van der Waals surface area contributed by atoms with Gasteiger partial charge in [-0.2, -0.15) is 9.97 Å². The molecule has 0 radical (unpaired) electrons. The van der Waals surface area contributed by atoms with E-state index in [1.165, 1.54) is 0 Å². The summed E-state index contributed by atoms with van der Waals surface area (Å²) in [5.74, 6) is 2.51. The lowest BCUT2D eigenvalue weighted by atomic mass is 10.0. The lowest BCUT2D eigenvalue weighted by molar-refractivity contribution is 0.0986. The highest BCUT2D eigenvalue weighted by atomic mass is 16.5. The van der Waals surface area contributed by atoms with E-state index in [1.54, 1.807) is 6.20 Å². The molecule has 25 heavy (non-hydrogen) atoms. The van der Waals surface area contributed by atoms with Gasteiger partial charge in [0.05, 0.1) is 12.6 Å². The van der Waals surface area contributed by atoms with Crippen molar-refractivity contribution >= 4 is 0 Å². The van der Waals surface area contributed by atoms with Gasteiger partial charge in [0.2, 0.25) is 17.6 Å².